The van der Waals surface area contributed by atoms with Gasteiger partial charge >= 0.3 is 0 Å². The van der Waals surface area contributed by atoms with Gasteiger partial charge in [-0.1, -0.05) is 25.7 Å². The quantitative estimate of drug-likeness (QED) is 0.662. The van der Waals surface area contributed by atoms with Crippen molar-refractivity contribution in [3.05, 3.63) is 0 Å². The minimum absolute atomic E-state index is 0. The van der Waals surface area contributed by atoms with Crippen molar-refractivity contribution in [3.8, 4) is 0 Å². The fourth-order valence-electron chi connectivity index (χ4n) is 6.64. The molecule has 3 saturated carbocycles. The van der Waals surface area contributed by atoms with E-state index in [-0.39, 0.29) is 41.9 Å². The van der Waals surface area contributed by atoms with E-state index in [0.29, 0.717) is 23.8 Å². The second-order valence-corrected chi connectivity index (χ2v) is 10.7. The van der Waals surface area contributed by atoms with E-state index in [0.717, 1.165) is 39.1 Å². The lowest BCUT2D eigenvalue weighted by molar-refractivity contribution is -0.133. The lowest BCUT2D eigenvalue weighted by Crippen LogP contribution is -2.63. The van der Waals surface area contributed by atoms with Gasteiger partial charge in [0.2, 0.25) is 5.91 Å². The second-order valence-electron chi connectivity index (χ2n) is 10.7. The zero-order valence-corrected chi connectivity index (χ0v) is 20.5. The molecule has 4 aliphatic rings. The van der Waals surface area contributed by atoms with E-state index in [2.05, 4.69) is 24.1 Å². The number of fused-ring (bicyclic) bond motifs is 2. The molecule has 176 valence electrons. The summed E-state index contributed by atoms with van der Waals surface area (Å²) in [6.07, 6.45) is 12.0. The molecule has 2 bridgehead atoms. The Hall–Kier alpha value is -0.0700. The summed E-state index contributed by atoms with van der Waals surface area (Å²) in [6, 6.07) is 0.332. The van der Waals surface area contributed by atoms with E-state index < -0.39 is 0 Å². The highest BCUT2D eigenvalue weighted by atomic mass is 35.5. The van der Waals surface area contributed by atoms with Crippen LogP contribution in [0.4, 0.5) is 0 Å². The smallest absolute Gasteiger partial charge is 0.223 e. The second kappa shape index (κ2) is 10.7. The van der Waals surface area contributed by atoms with Crippen molar-refractivity contribution in [1.29, 1.82) is 0 Å². The van der Waals surface area contributed by atoms with E-state index in [1.807, 2.05) is 0 Å². The van der Waals surface area contributed by atoms with Crippen LogP contribution in [0.25, 0.3) is 0 Å². The van der Waals surface area contributed by atoms with Gasteiger partial charge in [-0.05, 0) is 64.2 Å². The highest BCUT2D eigenvalue weighted by Gasteiger charge is 2.44. The number of rotatable bonds is 4. The zero-order valence-electron chi connectivity index (χ0n) is 18.9. The molecule has 5 nitrogen and oxygen atoms in total. The first-order valence-electron chi connectivity index (χ1n) is 11.8. The van der Waals surface area contributed by atoms with Crippen LogP contribution in [0.2, 0.25) is 0 Å². The molecule has 0 aromatic heterocycles. The molecule has 2 unspecified atom stereocenters. The zero-order chi connectivity index (χ0) is 19.8. The van der Waals surface area contributed by atoms with Crippen molar-refractivity contribution in [2.24, 2.45) is 23.5 Å². The fraction of sp³-hybridized carbons (Fsp3) is 0.957. The van der Waals surface area contributed by atoms with E-state index in [4.69, 9.17) is 10.5 Å². The summed E-state index contributed by atoms with van der Waals surface area (Å²) in [5.74, 6) is 1.59. The molecule has 1 heterocycles. The van der Waals surface area contributed by atoms with Crippen molar-refractivity contribution in [2.45, 2.75) is 95.2 Å². The van der Waals surface area contributed by atoms with E-state index in [1.54, 1.807) is 0 Å². The SMILES string of the molecule is CC1(C)CN(C2(CNC(=O)C3CC4CCCC(C3)C4N)CCCCC2)CCO1.Cl.Cl. The van der Waals surface area contributed by atoms with E-state index >= 15 is 0 Å². The first-order chi connectivity index (χ1) is 13.4. The van der Waals surface area contributed by atoms with Crippen LogP contribution in [0.1, 0.15) is 78.1 Å². The highest BCUT2D eigenvalue weighted by Crippen LogP contribution is 2.42. The minimum atomic E-state index is -0.0936. The molecular formula is C23H43Cl2N3O2. The number of amides is 1. The number of nitrogens with one attached hydrogen (secondary N) is 1. The first-order valence-corrected chi connectivity index (χ1v) is 11.8. The Labute approximate surface area is 195 Å². The van der Waals surface area contributed by atoms with Gasteiger partial charge in [-0.3, -0.25) is 9.69 Å². The molecular weight excluding hydrogens is 421 g/mol. The molecule has 3 aliphatic carbocycles. The third-order valence-corrected chi connectivity index (χ3v) is 8.26. The number of hydrogen-bond acceptors (Lipinski definition) is 4. The molecule has 4 fully saturated rings. The van der Waals surface area contributed by atoms with Crippen molar-refractivity contribution in [2.75, 3.05) is 26.2 Å². The first kappa shape index (κ1) is 26.2. The van der Waals surface area contributed by atoms with Crippen molar-refractivity contribution >= 4 is 30.7 Å². The Morgan fingerprint density at radius 3 is 2.30 bits per heavy atom. The van der Waals surface area contributed by atoms with Crippen molar-refractivity contribution < 1.29 is 9.53 Å². The van der Waals surface area contributed by atoms with E-state index in [1.165, 1.54) is 51.4 Å². The number of hydrogen-bond donors (Lipinski definition) is 2. The van der Waals surface area contributed by atoms with Crippen LogP contribution in [0, 0.1) is 17.8 Å². The number of carbonyl (C=O) groups is 1. The molecule has 0 aromatic carbocycles. The normalized spacial score (nSPS) is 35.4. The van der Waals surface area contributed by atoms with Crippen LogP contribution in [0.5, 0.6) is 0 Å². The average Bonchev–Trinajstić information content (AvgIpc) is 2.66. The highest BCUT2D eigenvalue weighted by molar-refractivity contribution is 5.85. The number of carbonyl (C=O) groups excluding carboxylic acids is 1. The van der Waals surface area contributed by atoms with Gasteiger partial charge in [-0.25, -0.2) is 0 Å². The van der Waals surface area contributed by atoms with Gasteiger partial charge in [0.05, 0.1) is 12.2 Å². The van der Waals surface area contributed by atoms with Gasteiger partial charge < -0.3 is 15.8 Å². The van der Waals surface area contributed by atoms with Gasteiger partial charge in [-0.2, -0.15) is 0 Å². The largest absolute Gasteiger partial charge is 0.373 e. The monoisotopic (exact) mass is 463 g/mol. The molecule has 7 heteroatoms. The van der Waals surface area contributed by atoms with Crippen LogP contribution in [0.3, 0.4) is 0 Å². The molecule has 3 N–H and O–H groups in total. The maximum absolute atomic E-state index is 13.1. The lowest BCUT2D eigenvalue weighted by Gasteiger charge is -2.52. The molecule has 30 heavy (non-hydrogen) atoms. The lowest BCUT2D eigenvalue weighted by atomic mass is 9.65. The molecule has 0 spiro atoms. The average molecular weight is 465 g/mol. The number of ether oxygens (including phenoxy) is 1. The van der Waals surface area contributed by atoms with Crippen LogP contribution in [-0.4, -0.2) is 54.2 Å². The summed E-state index contributed by atoms with van der Waals surface area (Å²) in [7, 11) is 0. The third-order valence-electron chi connectivity index (χ3n) is 8.26. The molecule has 1 saturated heterocycles. The summed E-state index contributed by atoms with van der Waals surface area (Å²) in [5.41, 5.74) is 6.46. The molecule has 0 aromatic rings. The Morgan fingerprint density at radius 1 is 1.07 bits per heavy atom. The summed E-state index contributed by atoms with van der Waals surface area (Å²) >= 11 is 0. The standard InChI is InChI=1S/C23H41N3O2.2ClH/c1-22(2)16-26(11-12-28-22)23(9-4-3-5-10-23)15-25-21(27)19-13-17-7-6-8-18(14-19)20(17)24;;/h17-20H,3-16,24H2,1-2H3,(H,25,27);2*1H. The fourth-order valence-corrected chi connectivity index (χ4v) is 6.64. The third kappa shape index (κ3) is 5.64. The van der Waals surface area contributed by atoms with E-state index in [9.17, 15) is 4.79 Å². The maximum atomic E-state index is 13.1. The van der Waals surface area contributed by atoms with Gasteiger partial charge in [0.1, 0.15) is 0 Å². The predicted octanol–water partition coefficient (Wildman–Crippen LogP) is 3.91. The summed E-state index contributed by atoms with van der Waals surface area (Å²) in [5, 5.41) is 3.43. The van der Waals surface area contributed by atoms with Gasteiger partial charge in [0.15, 0.2) is 0 Å². The summed E-state index contributed by atoms with van der Waals surface area (Å²) in [4.78, 5) is 15.8. The minimum Gasteiger partial charge on any atom is -0.373 e. The summed E-state index contributed by atoms with van der Waals surface area (Å²) in [6.45, 7) is 7.94. The van der Waals surface area contributed by atoms with Gasteiger partial charge in [0, 0.05) is 37.1 Å². The number of morpholine rings is 1. The Morgan fingerprint density at radius 2 is 1.70 bits per heavy atom. The molecule has 1 aliphatic heterocycles. The number of nitrogens with zero attached hydrogens (tertiary/aromatic N) is 1. The Kier molecular flexibility index (Phi) is 9.34. The van der Waals surface area contributed by atoms with Crippen molar-refractivity contribution in [3.63, 3.8) is 0 Å². The van der Waals surface area contributed by atoms with Crippen LogP contribution in [-0.2, 0) is 9.53 Å². The van der Waals surface area contributed by atoms with Gasteiger partial charge in [-0.15, -0.1) is 24.8 Å². The summed E-state index contributed by atoms with van der Waals surface area (Å²) < 4.78 is 5.96. The van der Waals surface area contributed by atoms with Crippen molar-refractivity contribution in [1.82, 2.24) is 10.2 Å². The molecule has 4 rings (SSSR count). The van der Waals surface area contributed by atoms with Crippen LogP contribution >= 0.6 is 24.8 Å². The topological polar surface area (TPSA) is 67.6 Å². The number of halogens is 2. The molecule has 2 atom stereocenters. The maximum Gasteiger partial charge on any atom is 0.223 e. The Bertz CT molecular complexity index is 555. The molecule has 0 radical (unpaired) electrons. The van der Waals surface area contributed by atoms with Crippen LogP contribution < -0.4 is 11.1 Å². The van der Waals surface area contributed by atoms with Gasteiger partial charge in [0.25, 0.3) is 0 Å². The predicted molar refractivity (Wildman–Crippen MR) is 126 cm³/mol. The molecule has 1 amide bonds. The Balaban J connectivity index is 0.00000160. The van der Waals surface area contributed by atoms with Crippen LogP contribution in [0.15, 0.2) is 0 Å². The number of nitrogens with two attached hydrogens (primary N) is 1.